The maximum absolute atomic E-state index is 13.3. The summed E-state index contributed by atoms with van der Waals surface area (Å²) in [5.41, 5.74) is 1.03. The zero-order chi connectivity index (χ0) is 26.7. The van der Waals surface area contributed by atoms with E-state index in [9.17, 15) is 14.4 Å². The van der Waals surface area contributed by atoms with E-state index in [1.165, 1.54) is 38.2 Å². The van der Waals surface area contributed by atoms with Crippen molar-refractivity contribution in [3.05, 3.63) is 86.8 Å². The standard InChI is InChI=1S/C27H24ClN3O6/c1-15-5-10-18-26(34)19(25(33)16-6-8-17(35-2)9-7-16)13-31(27(18)29-15)14-24(32)30-21-11-20(28)22(36-3)12-23(21)37-4/h5-13H,14H2,1-4H3,(H,30,32). The largest absolute Gasteiger partial charge is 0.497 e. The number of aryl methyl sites for hydroxylation is 1. The van der Waals surface area contributed by atoms with Gasteiger partial charge in [0.05, 0.1) is 43.0 Å². The molecule has 0 bridgehead atoms. The van der Waals surface area contributed by atoms with Crippen molar-refractivity contribution in [1.82, 2.24) is 9.55 Å². The number of methoxy groups -OCH3 is 3. The Labute approximate surface area is 217 Å². The van der Waals surface area contributed by atoms with E-state index >= 15 is 0 Å². The van der Waals surface area contributed by atoms with E-state index < -0.39 is 17.1 Å². The molecule has 4 rings (SSSR count). The van der Waals surface area contributed by atoms with E-state index in [2.05, 4.69) is 10.3 Å². The van der Waals surface area contributed by atoms with E-state index in [1.54, 1.807) is 49.4 Å². The number of ketones is 1. The molecule has 0 saturated carbocycles. The Morgan fingerprint density at radius 1 is 0.973 bits per heavy atom. The molecule has 0 fully saturated rings. The van der Waals surface area contributed by atoms with E-state index in [4.69, 9.17) is 25.8 Å². The Balaban J connectivity index is 1.74. The van der Waals surface area contributed by atoms with Crippen LogP contribution in [-0.2, 0) is 11.3 Å². The molecule has 190 valence electrons. The summed E-state index contributed by atoms with van der Waals surface area (Å²) in [6, 6.07) is 12.8. The van der Waals surface area contributed by atoms with Crippen LogP contribution in [0.2, 0.25) is 5.02 Å². The molecule has 1 N–H and O–H groups in total. The van der Waals surface area contributed by atoms with E-state index in [-0.39, 0.29) is 28.2 Å². The SMILES string of the molecule is COc1ccc(C(=O)c2cn(CC(=O)Nc3cc(Cl)c(OC)cc3OC)c3nc(C)ccc3c2=O)cc1. The van der Waals surface area contributed by atoms with Crippen LogP contribution in [0.3, 0.4) is 0 Å². The second-order valence-corrected chi connectivity index (χ2v) is 8.52. The lowest BCUT2D eigenvalue weighted by atomic mass is 10.0. The molecule has 0 saturated heterocycles. The summed E-state index contributed by atoms with van der Waals surface area (Å²) in [5, 5.41) is 3.27. The Hall–Kier alpha value is -4.37. The number of ether oxygens (including phenoxy) is 3. The zero-order valence-electron chi connectivity index (χ0n) is 20.6. The number of aromatic nitrogens is 2. The van der Waals surface area contributed by atoms with Crippen LogP contribution in [0.4, 0.5) is 5.69 Å². The third-order valence-electron chi connectivity index (χ3n) is 5.72. The van der Waals surface area contributed by atoms with E-state index in [0.29, 0.717) is 34.2 Å². The van der Waals surface area contributed by atoms with Gasteiger partial charge in [-0.05, 0) is 49.4 Å². The van der Waals surface area contributed by atoms with Gasteiger partial charge in [0, 0.05) is 23.5 Å². The van der Waals surface area contributed by atoms with Gasteiger partial charge in [-0.15, -0.1) is 0 Å². The Kier molecular flexibility index (Phi) is 7.45. The maximum atomic E-state index is 13.3. The summed E-state index contributed by atoms with van der Waals surface area (Å²) in [6.07, 6.45) is 1.36. The Bertz CT molecular complexity index is 1560. The van der Waals surface area contributed by atoms with Crippen LogP contribution in [0.1, 0.15) is 21.6 Å². The Morgan fingerprint density at radius 3 is 2.32 bits per heavy atom. The van der Waals surface area contributed by atoms with Crippen LogP contribution in [0.5, 0.6) is 17.2 Å². The van der Waals surface area contributed by atoms with Crippen molar-refractivity contribution in [2.24, 2.45) is 0 Å². The van der Waals surface area contributed by atoms with Crippen molar-refractivity contribution < 1.29 is 23.8 Å². The zero-order valence-corrected chi connectivity index (χ0v) is 21.4. The number of halogens is 1. The van der Waals surface area contributed by atoms with Gasteiger partial charge < -0.3 is 24.1 Å². The summed E-state index contributed by atoms with van der Waals surface area (Å²) in [5.74, 6) is 0.398. The molecule has 4 aromatic rings. The number of fused-ring (bicyclic) bond motifs is 1. The first-order valence-corrected chi connectivity index (χ1v) is 11.5. The highest BCUT2D eigenvalue weighted by Crippen LogP contribution is 2.35. The maximum Gasteiger partial charge on any atom is 0.244 e. The fraction of sp³-hybridized carbons (Fsp3) is 0.185. The predicted molar refractivity (Wildman–Crippen MR) is 140 cm³/mol. The van der Waals surface area contributed by atoms with Crippen molar-refractivity contribution in [3.8, 4) is 17.2 Å². The molecule has 10 heteroatoms. The molecular formula is C27H24ClN3O6. The molecule has 0 radical (unpaired) electrons. The molecule has 2 aromatic heterocycles. The Morgan fingerprint density at radius 2 is 1.68 bits per heavy atom. The van der Waals surface area contributed by atoms with E-state index in [1.807, 2.05) is 0 Å². The van der Waals surface area contributed by atoms with Gasteiger partial charge in [-0.2, -0.15) is 0 Å². The highest BCUT2D eigenvalue weighted by molar-refractivity contribution is 6.32. The van der Waals surface area contributed by atoms with Gasteiger partial charge in [-0.25, -0.2) is 4.98 Å². The molecule has 0 aliphatic rings. The fourth-order valence-corrected chi connectivity index (χ4v) is 4.08. The highest BCUT2D eigenvalue weighted by atomic mass is 35.5. The number of hydrogen-bond acceptors (Lipinski definition) is 7. The topological polar surface area (TPSA) is 109 Å². The normalized spacial score (nSPS) is 10.7. The van der Waals surface area contributed by atoms with Crippen molar-refractivity contribution >= 4 is 40.0 Å². The van der Waals surface area contributed by atoms with Crippen molar-refractivity contribution in [2.75, 3.05) is 26.6 Å². The number of carbonyl (C=O) groups excluding carboxylic acids is 2. The van der Waals surface area contributed by atoms with Gasteiger partial charge in [0.1, 0.15) is 29.4 Å². The van der Waals surface area contributed by atoms with Crippen LogP contribution in [0.15, 0.2) is 59.5 Å². The molecule has 0 spiro atoms. The van der Waals surface area contributed by atoms with Gasteiger partial charge in [-0.1, -0.05) is 11.6 Å². The number of benzene rings is 2. The van der Waals surface area contributed by atoms with Crippen molar-refractivity contribution in [1.29, 1.82) is 0 Å². The minimum absolute atomic E-state index is 0.0822. The molecule has 0 unspecified atom stereocenters. The summed E-state index contributed by atoms with van der Waals surface area (Å²) < 4.78 is 17.2. The van der Waals surface area contributed by atoms with E-state index in [0.717, 1.165) is 0 Å². The van der Waals surface area contributed by atoms with Crippen LogP contribution in [0, 0.1) is 6.92 Å². The predicted octanol–water partition coefficient (Wildman–Crippen LogP) is 4.25. The molecule has 37 heavy (non-hydrogen) atoms. The van der Waals surface area contributed by atoms with Gasteiger partial charge >= 0.3 is 0 Å². The van der Waals surface area contributed by atoms with Gasteiger partial charge in [0.15, 0.2) is 5.78 Å². The summed E-state index contributed by atoms with van der Waals surface area (Å²) >= 11 is 6.22. The number of pyridine rings is 2. The number of rotatable bonds is 8. The number of nitrogens with zero attached hydrogens (tertiary/aromatic N) is 2. The number of nitrogens with one attached hydrogen (secondary N) is 1. The number of amides is 1. The fourth-order valence-electron chi connectivity index (χ4n) is 3.84. The first-order valence-electron chi connectivity index (χ1n) is 11.2. The van der Waals surface area contributed by atoms with Crippen LogP contribution >= 0.6 is 11.6 Å². The minimum atomic E-state index is -0.479. The second-order valence-electron chi connectivity index (χ2n) is 8.12. The molecular weight excluding hydrogens is 498 g/mol. The summed E-state index contributed by atoms with van der Waals surface area (Å²) in [4.78, 5) is 44.1. The number of carbonyl (C=O) groups is 2. The highest BCUT2D eigenvalue weighted by Gasteiger charge is 2.20. The molecule has 9 nitrogen and oxygen atoms in total. The minimum Gasteiger partial charge on any atom is -0.497 e. The quantitative estimate of drug-likeness (QED) is 0.345. The first-order chi connectivity index (χ1) is 17.7. The molecule has 0 aliphatic carbocycles. The first kappa shape index (κ1) is 25.7. The van der Waals surface area contributed by atoms with Crippen LogP contribution in [-0.4, -0.2) is 42.6 Å². The molecule has 0 aliphatic heterocycles. The second kappa shape index (κ2) is 10.7. The number of anilines is 1. The van der Waals surface area contributed by atoms with Crippen LogP contribution in [0.25, 0.3) is 11.0 Å². The molecule has 1 amide bonds. The molecule has 2 aromatic carbocycles. The average Bonchev–Trinajstić information content (AvgIpc) is 2.90. The molecule has 2 heterocycles. The summed E-state index contributed by atoms with van der Waals surface area (Å²) in [6.45, 7) is 1.54. The van der Waals surface area contributed by atoms with Crippen molar-refractivity contribution in [3.63, 3.8) is 0 Å². The summed E-state index contributed by atoms with van der Waals surface area (Å²) in [7, 11) is 4.45. The third kappa shape index (κ3) is 5.26. The van der Waals surface area contributed by atoms with Gasteiger partial charge in [0.25, 0.3) is 0 Å². The third-order valence-corrected chi connectivity index (χ3v) is 6.01. The average molecular weight is 522 g/mol. The van der Waals surface area contributed by atoms with Crippen LogP contribution < -0.4 is 25.0 Å². The lowest BCUT2D eigenvalue weighted by Gasteiger charge is -2.15. The van der Waals surface area contributed by atoms with Crippen molar-refractivity contribution in [2.45, 2.75) is 13.5 Å². The smallest absolute Gasteiger partial charge is 0.244 e. The lowest BCUT2D eigenvalue weighted by molar-refractivity contribution is -0.116. The van der Waals surface area contributed by atoms with Gasteiger partial charge in [0.2, 0.25) is 11.3 Å². The lowest BCUT2D eigenvalue weighted by Crippen LogP contribution is -2.25. The monoisotopic (exact) mass is 521 g/mol. The van der Waals surface area contributed by atoms with Gasteiger partial charge in [-0.3, -0.25) is 14.4 Å². The number of hydrogen-bond donors (Lipinski definition) is 1. The molecule has 0 atom stereocenters.